The number of carbonyl (C=O) groups is 1. The number of hydrogen-bond acceptors (Lipinski definition) is 5. The summed E-state index contributed by atoms with van der Waals surface area (Å²) in [7, 11) is 3.15. The van der Waals surface area contributed by atoms with Crippen molar-refractivity contribution in [2.75, 3.05) is 19.5 Å². The molecule has 0 atom stereocenters. The molecule has 1 N–H and O–H groups in total. The minimum Gasteiger partial charge on any atom is -0.497 e. The summed E-state index contributed by atoms with van der Waals surface area (Å²) >= 11 is 0. The van der Waals surface area contributed by atoms with Crippen LogP contribution in [0.15, 0.2) is 24.3 Å². The van der Waals surface area contributed by atoms with Gasteiger partial charge in [-0.2, -0.15) is 0 Å². The summed E-state index contributed by atoms with van der Waals surface area (Å²) in [6.45, 7) is 0.351. The summed E-state index contributed by atoms with van der Waals surface area (Å²) in [6.07, 6.45) is 0.965. The highest BCUT2D eigenvalue weighted by atomic mass is 19.1. The molecule has 23 heavy (non-hydrogen) atoms. The van der Waals surface area contributed by atoms with Crippen LogP contribution in [0.4, 0.5) is 10.2 Å². The average molecular weight is 316 g/mol. The summed E-state index contributed by atoms with van der Waals surface area (Å²) in [5.74, 6) is 0.914. The molecule has 0 aliphatic heterocycles. The number of methoxy groups -OCH3 is 2. The fourth-order valence-corrected chi connectivity index (χ4v) is 2.63. The van der Waals surface area contributed by atoms with Crippen LogP contribution >= 0.6 is 0 Å². The SMILES string of the molecule is COc1ccc(CNc2nc3c(cc2F)C(=O)CC3)c(OC)c1. The van der Waals surface area contributed by atoms with E-state index in [0.29, 0.717) is 42.1 Å². The molecule has 5 nitrogen and oxygen atoms in total. The van der Waals surface area contributed by atoms with E-state index in [1.54, 1.807) is 20.3 Å². The van der Waals surface area contributed by atoms with E-state index >= 15 is 0 Å². The number of anilines is 1. The van der Waals surface area contributed by atoms with Crippen LogP contribution in [-0.2, 0) is 13.0 Å². The first-order valence-electron chi connectivity index (χ1n) is 7.29. The minimum atomic E-state index is -0.522. The van der Waals surface area contributed by atoms with E-state index in [0.717, 1.165) is 5.56 Å². The number of nitrogens with zero attached hydrogens (tertiary/aromatic N) is 1. The quantitative estimate of drug-likeness (QED) is 0.919. The van der Waals surface area contributed by atoms with Crippen LogP contribution in [0.5, 0.6) is 11.5 Å². The summed E-state index contributed by atoms with van der Waals surface area (Å²) in [6, 6.07) is 6.69. The second-order valence-electron chi connectivity index (χ2n) is 5.27. The summed E-state index contributed by atoms with van der Waals surface area (Å²) in [5.41, 5.74) is 1.90. The molecule has 3 rings (SSSR count). The van der Waals surface area contributed by atoms with Gasteiger partial charge in [0.2, 0.25) is 0 Å². The van der Waals surface area contributed by atoms with Gasteiger partial charge in [-0.15, -0.1) is 0 Å². The highest BCUT2D eigenvalue weighted by Crippen LogP contribution is 2.27. The van der Waals surface area contributed by atoms with Gasteiger partial charge in [-0.05, 0) is 24.6 Å². The molecular formula is C17H17FN2O3. The van der Waals surface area contributed by atoms with Crippen molar-refractivity contribution in [3.8, 4) is 11.5 Å². The van der Waals surface area contributed by atoms with Crippen LogP contribution in [0.25, 0.3) is 0 Å². The Labute approximate surface area is 133 Å². The van der Waals surface area contributed by atoms with Crippen molar-refractivity contribution in [1.82, 2.24) is 4.98 Å². The van der Waals surface area contributed by atoms with E-state index in [1.807, 2.05) is 12.1 Å². The van der Waals surface area contributed by atoms with E-state index in [1.165, 1.54) is 6.07 Å². The van der Waals surface area contributed by atoms with Crippen molar-refractivity contribution in [3.63, 3.8) is 0 Å². The second-order valence-corrected chi connectivity index (χ2v) is 5.27. The predicted molar refractivity (Wildman–Crippen MR) is 83.7 cm³/mol. The van der Waals surface area contributed by atoms with Gasteiger partial charge in [0.15, 0.2) is 17.4 Å². The lowest BCUT2D eigenvalue weighted by Crippen LogP contribution is -2.07. The lowest BCUT2D eigenvalue weighted by atomic mass is 10.2. The van der Waals surface area contributed by atoms with Gasteiger partial charge in [0.05, 0.1) is 19.9 Å². The van der Waals surface area contributed by atoms with Gasteiger partial charge in [0.1, 0.15) is 11.5 Å². The number of aromatic nitrogens is 1. The largest absolute Gasteiger partial charge is 0.497 e. The molecule has 0 bridgehead atoms. The number of benzene rings is 1. The first-order valence-corrected chi connectivity index (χ1v) is 7.29. The molecule has 1 aromatic heterocycles. The van der Waals surface area contributed by atoms with Gasteiger partial charge in [-0.1, -0.05) is 0 Å². The molecule has 1 aromatic carbocycles. The highest BCUT2D eigenvalue weighted by molar-refractivity contribution is 6.00. The fourth-order valence-electron chi connectivity index (χ4n) is 2.63. The first-order chi connectivity index (χ1) is 11.1. The zero-order valence-corrected chi connectivity index (χ0v) is 13.0. The molecule has 0 radical (unpaired) electrons. The van der Waals surface area contributed by atoms with Crippen LogP contribution in [-0.4, -0.2) is 25.0 Å². The van der Waals surface area contributed by atoms with E-state index in [-0.39, 0.29) is 11.6 Å². The first kappa shape index (κ1) is 15.3. The fraction of sp³-hybridized carbons (Fsp3) is 0.294. The Morgan fingerprint density at radius 1 is 1.22 bits per heavy atom. The third-order valence-corrected chi connectivity index (χ3v) is 3.88. The maximum Gasteiger partial charge on any atom is 0.166 e. The Morgan fingerprint density at radius 3 is 2.78 bits per heavy atom. The number of rotatable bonds is 5. The minimum absolute atomic E-state index is 0.0465. The second kappa shape index (κ2) is 6.24. The van der Waals surface area contributed by atoms with Gasteiger partial charge in [0.25, 0.3) is 0 Å². The number of pyridine rings is 1. The monoisotopic (exact) mass is 316 g/mol. The van der Waals surface area contributed by atoms with Gasteiger partial charge in [0, 0.05) is 30.2 Å². The van der Waals surface area contributed by atoms with Crippen LogP contribution in [0.1, 0.15) is 28.0 Å². The standard InChI is InChI=1S/C17H17FN2O3/c1-22-11-4-3-10(16(7-11)23-2)9-19-17-13(18)8-12-14(20-17)5-6-15(12)21/h3-4,7-8H,5-6,9H2,1-2H3,(H,19,20). The molecule has 0 unspecified atom stereocenters. The van der Waals surface area contributed by atoms with Crippen molar-refractivity contribution < 1.29 is 18.7 Å². The molecule has 0 amide bonds. The number of Topliss-reactive ketones (excluding diaryl/α,β-unsaturated/α-hetero) is 1. The Hall–Kier alpha value is -2.63. The van der Waals surface area contributed by atoms with Crippen LogP contribution in [0.3, 0.4) is 0 Å². The topological polar surface area (TPSA) is 60.5 Å². The zero-order valence-electron chi connectivity index (χ0n) is 13.0. The third kappa shape index (κ3) is 2.97. The molecule has 1 aliphatic rings. The van der Waals surface area contributed by atoms with E-state index < -0.39 is 5.82 Å². The van der Waals surface area contributed by atoms with Crippen LogP contribution < -0.4 is 14.8 Å². The molecule has 2 aromatic rings. The average Bonchev–Trinajstić information content (AvgIpc) is 2.92. The van der Waals surface area contributed by atoms with Crippen molar-refractivity contribution >= 4 is 11.6 Å². The Balaban J connectivity index is 1.80. The van der Waals surface area contributed by atoms with E-state index in [2.05, 4.69) is 10.3 Å². The van der Waals surface area contributed by atoms with Crippen LogP contribution in [0, 0.1) is 5.82 Å². The Morgan fingerprint density at radius 2 is 2.04 bits per heavy atom. The smallest absolute Gasteiger partial charge is 0.166 e. The molecule has 1 heterocycles. The molecule has 0 fully saturated rings. The van der Waals surface area contributed by atoms with E-state index in [4.69, 9.17) is 9.47 Å². The molecule has 0 saturated heterocycles. The number of ketones is 1. The number of aryl methyl sites for hydroxylation is 1. The van der Waals surface area contributed by atoms with Gasteiger partial charge in [-0.3, -0.25) is 4.79 Å². The summed E-state index contributed by atoms with van der Waals surface area (Å²) in [5, 5.41) is 2.97. The van der Waals surface area contributed by atoms with Crippen molar-refractivity contribution in [3.05, 3.63) is 46.9 Å². The van der Waals surface area contributed by atoms with Gasteiger partial charge in [-0.25, -0.2) is 9.37 Å². The lowest BCUT2D eigenvalue weighted by Gasteiger charge is -2.12. The molecule has 6 heteroatoms. The molecular weight excluding hydrogens is 299 g/mol. The number of nitrogens with one attached hydrogen (secondary N) is 1. The lowest BCUT2D eigenvalue weighted by molar-refractivity contribution is 0.0994. The van der Waals surface area contributed by atoms with Gasteiger partial charge < -0.3 is 14.8 Å². The number of carbonyl (C=O) groups excluding carboxylic acids is 1. The molecule has 120 valence electrons. The predicted octanol–water partition coefficient (Wildman–Crippen LogP) is 2.98. The number of ether oxygens (including phenoxy) is 2. The number of hydrogen-bond donors (Lipinski definition) is 1. The number of fused-ring (bicyclic) bond motifs is 1. The van der Waals surface area contributed by atoms with Crippen LogP contribution in [0.2, 0.25) is 0 Å². The molecule has 1 aliphatic carbocycles. The Kier molecular flexibility index (Phi) is 4.14. The normalized spacial score (nSPS) is 12.9. The van der Waals surface area contributed by atoms with E-state index in [9.17, 15) is 9.18 Å². The van der Waals surface area contributed by atoms with Crippen molar-refractivity contribution in [2.24, 2.45) is 0 Å². The maximum atomic E-state index is 14.1. The highest BCUT2D eigenvalue weighted by Gasteiger charge is 2.23. The third-order valence-electron chi connectivity index (χ3n) is 3.88. The molecule has 0 spiro atoms. The molecule has 0 saturated carbocycles. The van der Waals surface area contributed by atoms with Crippen molar-refractivity contribution in [1.29, 1.82) is 0 Å². The van der Waals surface area contributed by atoms with Crippen molar-refractivity contribution in [2.45, 2.75) is 19.4 Å². The summed E-state index contributed by atoms with van der Waals surface area (Å²) < 4.78 is 24.6. The maximum absolute atomic E-state index is 14.1. The van der Waals surface area contributed by atoms with Gasteiger partial charge >= 0.3 is 0 Å². The zero-order chi connectivity index (χ0) is 16.4. The Bertz CT molecular complexity index is 762. The number of halogens is 1. The summed E-state index contributed by atoms with van der Waals surface area (Å²) in [4.78, 5) is 15.8.